The Morgan fingerprint density at radius 3 is 2.47 bits per heavy atom. The zero-order valence-electron chi connectivity index (χ0n) is 19.1. The quantitative estimate of drug-likeness (QED) is 0.404. The lowest BCUT2D eigenvalue weighted by Crippen LogP contribution is -2.33. The Bertz CT molecular complexity index is 1220. The number of amides is 3. The number of carbonyl (C=O) groups is 4. The van der Waals surface area contributed by atoms with Crippen molar-refractivity contribution in [3.05, 3.63) is 71.3 Å². The van der Waals surface area contributed by atoms with Crippen molar-refractivity contribution in [2.45, 2.75) is 26.7 Å². The van der Waals surface area contributed by atoms with E-state index in [1.54, 1.807) is 18.2 Å². The third kappa shape index (κ3) is 3.61. The first-order chi connectivity index (χ1) is 16.4. The summed E-state index contributed by atoms with van der Waals surface area (Å²) in [6, 6.07) is 13.6. The van der Waals surface area contributed by atoms with E-state index in [1.165, 1.54) is 22.6 Å². The van der Waals surface area contributed by atoms with Crippen LogP contribution in [0.1, 0.15) is 36.2 Å². The molecule has 2 fully saturated rings. The van der Waals surface area contributed by atoms with E-state index >= 15 is 0 Å². The molecule has 4 atom stereocenters. The summed E-state index contributed by atoms with van der Waals surface area (Å²) in [6.45, 7) is 3.61. The third-order valence-electron chi connectivity index (χ3n) is 7.25. The van der Waals surface area contributed by atoms with Crippen LogP contribution in [0.25, 0.3) is 0 Å². The predicted octanol–water partition coefficient (Wildman–Crippen LogP) is 3.75. The van der Waals surface area contributed by atoms with E-state index in [0.717, 1.165) is 18.4 Å². The molecule has 2 bridgehead atoms. The molecule has 1 saturated carbocycles. The number of fused-ring (bicyclic) bond motifs is 5. The molecule has 1 saturated heterocycles. The number of hydrogen-bond acceptors (Lipinski definition) is 5. The minimum atomic E-state index is -0.653. The summed E-state index contributed by atoms with van der Waals surface area (Å²) in [5.74, 6) is -1.66. The van der Waals surface area contributed by atoms with Crippen molar-refractivity contribution >= 4 is 35.1 Å². The summed E-state index contributed by atoms with van der Waals surface area (Å²) < 4.78 is 5.15. The average molecular weight is 459 g/mol. The topological polar surface area (TPSA) is 92.8 Å². The molecule has 5 rings (SSSR count). The number of rotatable bonds is 6. The van der Waals surface area contributed by atoms with E-state index in [-0.39, 0.29) is 41.0 Å². The number of imide groups is 1. The Kier molecular flexibility index (Phi) is 5.55. The summed E-state index contributed by atoms with van der Waals surface area (Å²) in [6.07, 6.45) is 3.79. The summed E-state index contributed by atoms with van der Waals surface area (Å²) >= 11 is 0. The molecule has 7 nitrogen and oxygen atoms in total. The van der Waals surface area contributed by atoms with Crippen LogP contribution in [0.4, 0.5) is 11.4 Å². The van der Waals surface area contributed by atoms with Gasteiger partial charge < -0.3 is 10.1 Å². The van der Waals surface area contributed by atoms with E-state index in [2.05, 4.69) is 11.4 Å². The molecular formula is C27H26N2O5. The molecule has 3 amide bonds. The fourth-order valence-electron chi connectivity index (χ4n) is 5.63. The van der Waals surface area contributed by atoms with Gasteiger partial charge in [0, 0.05) is 5.69 Å². The first kappa shape index (κ1) is 22.1. The van der Waals surface area contributed by atoms with Gasteiger partial charge in [0.15, 0.2) is 6.61 Å². The molecule has 0 spiro atoms. The van der Waals surface area contributed by atoms with Crippen molar-refractivity contribution in [1.82, 2.24) is 0 Å². The van der Waals surface area contributed by atoms with Crippen molar-refractivity contribution in [1.29, 1.82) is 0 Å². The number of ether oxygens (including phenoxy) is 1. The lowest BCUT2D eigenvalue weighted by Gasteiger charge is -2.19. The van der Waals surface area contributed by atoms with Crippen LogP contribution >= 0.6 is 0 Å². The highest BCUT2D eigenvalue weighted by atomic mass is 16.5. The van der Waals surface area contributed by atoms with Crippen molar-refractivity contribution in [2.24, 2.45) is 23.7 Å². The first-order valence-corrected chi connectivity index (χ1v) is 11.6. The predicted molar refractivity (Wildman–Crippen MR) is 126 cm³/mol. The maximum Gasteiger partial charge on any atom is 0.338 e. The molecule has 174 valence electrons. The van der Waals surface area contributed by atoms with Crippen LogP contribution in [0.5, 0.6) is 0 Å². The van der Waals surface area contributed by atoms with Gasteiger partial charge >= 0.3 is 5.97 Å². The van der Waals surface area contributed by atoms with Crippen LogP contribution in [0.3, 0.4) is 0 Å². The van der Waals surface area contributed by atoms with Gasteiger partial charge in [-0.25, -0.2) is 4.79 Å². The normalized spacial score (nSPS) is 24.8. The minimum Gasteiger partial charge on any atom is -0.452 e. The van der Waals surface area contributed by atoms with Gasteiger partial charge in [0.1, 0.15) is 0 Å². The zero-order valence-corrected chi connectivity index (χ0v) is 19.1. The molecular weight excluding hydrogens is 432 g/mol. The molecule has 0 radical (unpaired) electrons. The number of allylic oxidation sites excluding steroid dienone is 2. The van der Waals surface area contributed by atoms with Gasteiger partial charge in [0.05, 0.1) is 23.1 Å². The van der Waals surface area contributed by atoms with Gasteiger partial charge in [-0.05, 0) is 67.5 Å². The number of aryl methyl sites for hydroxylation is 1. The average Bonchev–Trinajstić information content (AvgIpc) is 3.48. The van der Waals surface area contributed by atoms with Crippen molar-refractivity contribution in [3.8, 4) is 0 Å². The lowest BCUT2D eigenvalue weighted by atomic mass is 9.82. The SMILES string of the molecule is CCc1ccccc1NC(=O)COC(=O)c1ccc(N2C(=O)[C@@H]3[C@@H](C2=O)[C@H]2C=C(C)[C@H]3C2)cc1. The van der Waals surface area contributed by atoms with Crippen LogP contribution in [-0.4, -0.2) is 30.3 Å². The summed E-state index contributed by atoms with van der Waals surface area (Å²) in [5.41, 5.74) is 3.58. The molecule has 1 N–H and O–H groups in total. The van der Waals surface area contributed by atoms with Crippen LogP contribution in [0.2, 0.25) is 0 Å². The van der Waals surface area contributed by atoms with Crippen molar-refractivity contribution in [2.75, 3.05) is 16.8 Å². The highest BCUT2D eigenvalue weighted by molar-refractivity contribution is 6.23. The largest absolute Gasteiger partial charge is 0.452 e. The Morgan fingerprint density at radius 1 is 1.03 bits per heavy atom. The van der Waals surface area contributed by atoms with Gasteiger partial charge in [-0.15, -0.1) is 0 Å². The second kappa shape index (κ2) is 8.56. The second-order valence-corrected chi connectivity index (χ2v) is 9.16. The Morgan fingerprint density at radius 2 is 1.74 bits per heavy atom. The third-order valence-corrected chi connectivity index (χ3v) is 7.25. The molecule has 3 aliphatic rings. The number of para-hydroxylation sites is 1. The molecule has 0 aromatic heterocycles. The van der Waals surface area contributed by atoms with Gasteiger partial charge in [-0.2, -0.15) is 0 Å². The monoisotopic (exact) mass is 458 g/mol. The number of esters is 1. The first-order valence-electron chi connectivity index (χ1n) is 11.6. The van der Waals surface area contributed by atoms with E-state index in [4.69, 9.17) is 4.74 Å². The summed E-state index contributed by atoms with van der Waals surface area (Å²) in [7, 11) is 0. The Balaban J connectivity index is 1.21. The van der Waals surface area contributed by atoms with Crippen LogP contribution in [0, 0.1) is 23.7 Å². The fourth-order valence-corrected chi connectivity index (χ4v) is 5.63. The number of nitrogens with zero attached hydrogens (tertiary/aromatic N) is 1. The number of anilines is 2. The van der Waals surface area contributed by atoms with Crippen molar-refractivity contribution < 1.29 is 23.9 Å². The smallest absolute Gasteiger partial charge is 0.338 e. The molecule has 7 heteroatoms. The molecule has 1 heterocycles. The molecule has 2 aliphatic carbocycles. The van der Waals surface area contributed by atoms with Gasteiger partial charge in [-0.1, -0.05) is 36.8 Å². The maximum absolute atomic E-state index is 13.1. The Labute approximate surface area is 197 Å². The maximum atomic E-state index is 13.1. The van der Waals surface area contributed by atoms with E-state index in [1.807, 2.05) is 32.0 Å². The number of nitrogens with one attached hydrogen (secondary N) is 1. The van der Waals surface area contributed by atoms with E-state index < -0.39 is 18.5 Å². The highest BCUT2D eigenvalue weighted by Crippen LogP contribution is 2.55. The Hall–Kier alpha value is -3.74. The van der Waals surface area contributed by atoms with E-state index in [9.17, 15) is 19.2 Å². The fraction of sp³-hybridized carbons (Fsp3) is 0.333. The van der Waals surface area contributed by atoms with Gasteiger partial charge in [0.2, 0.25) is 11.8 Å². The standard InChI is InChI=1S/C27H26N2O5/c1-3-16-6-4-5-7-21(16)28-22(30)14-34-27(33)17-8-10-19(11-9-17)29-25(31)23-18-12-15(2)20(13-18)24(23)26(29)32/h4-12,18,20,23-24H,3,13-14H2,1-2H3,(H,28,30)/t18-,20+,23-,24-/m0/s1. The molecule has 2 aromatic carbocycles. The summed E-state index contributed by atoms with van der Waals surface area (Å²) in [4.78, 5) is 52.0. The lowest BCUT2D eigenvalue weighted by molar-refractivity contribution is -0.123. The van der Waals surface area contributed by atoms with Gasteiger partial charge in [0.25, 0.3) is 5.91 Å². The molecule has 0 unspecified atom stereocenters. The number of carbonyl (C=O) groups excluding carboxylic acids is 4. The molecule has 2 aromatic rings. The molecule has 1 aliphatic heterocycles. The minimum absolute atomic E-state index is 0.140. The van der Waals surface area contributed by atoms with Crippen molar-refractivity contribution in [3.63, 3.8) is 0 Å². The second-order valence-electron chi connectivity index (χ2n) is 9.16. The van der Waals surface area contributed by atoms with Crippen LogP contribution in [-0.2, 0) is 25.5 Å². The highest BCUT2D eigenvalue weighted by Gasteiger charge is 2.60. The van der Waals surface area contributed by atoms with Gasteiger partial charge in [-0.3, -0.25) is 19.3 Å². The van der Waals surface area contributed by atoms with Crippen LogP contribution in [0.15, 0.2) is 60.2 Å². The van der Waals surface area contributed by atoms with Crippen LogP contribution < -0.4 is 10.2 Å². The summed E-state index contributed by atoms with van der Waals surface area (Å²) in [5, 5.41) is 2.76. The number of hydrogen-bond donors (Lipinski definition) is 1. The zero-order chi connectivity index (χ0) is 24.0. The molecule has 34 heavy (non-hydrogen) atoms. The number of benzene rings is 2. The van der Waals surface area contributed by atoms with E-state index in [0.29, 0.717) is 11.4 Å².